The minimum atomic E-state index is -1.89. The van der Waals surface area contributed by atoms with E-state index in [1.54, 1.807) is 41.7 Å². The van der Waals surface area contributed by atoms with Crippen LogP contribution in [0.3, 0.4) is 0 Å². The van der Waals surface area contributed by atoms with Gasteiger partial charge >= 0.3 is 5.97 Å². The maximum absolute atomic E-state index is 14.5. The summed E-state index contributed by atoms with van der Waals surface area (Å²) in [4.78, 5) is 22.5. The quantitative estimate of drug-likeness (QED) is 0.114. The van der Waals surface area contributed by atoms with Gasteiger partial charge in [-0.25, -0.2) is 0 Å². The molecule has 61 heavy (non-hydrogen) atoms. The highest BCUT2D eigenvalue weighted by atomic mass is 16.7. The van der Waals surface area contributed by atoms with Gasteiger partial charge in [0, 0.05) is 44.4 Å². The molecule has 1 saturated carbocycles. The lowest BCUT2D eigenvalue weighted by atomic mass is 9.73. The molecule has 0 spiro atoms. The van der Waals surface area contributed by atoms with E-state index >= 15 is 0 Å². The Morgan fingerprint density at radius 1 is 0.852 bits per heavy atom. The van der Waals surface area contributed by atoms with Crippen LogP contribution in [-0.4, -0.2) is 156 Å². The van der Waals surface area contributed by atoms with Crippen LogP contribution in [0.4, 0.5) is 0 Å². The number of ether oxygens (including phenoxy) is 7. The normalized spacial score (nSPS) is 46.0. The first kappa shape index (κ1) is 52.1. The summed E-state index contributed by atoms with van der Waals surface area (Å²) in [6.07, 6.45) is -1.15. The van der Waals surface area contributed by atoms with Crippen LogP contribution in [0.2, 0.25) is 0 Å². The SMILES string of the molecule is CC[C@H]1OC(=O)[C@H](C)[C@@H](O[C@H]2C[C@@](C)(OC)[C@@H](O)[C@H](C)O2)[C@H](C)[C@@H](O[C@@H]2O[C@H](C)C[C@H](N(C)C)[C@H]2O)[C@](C)(OC)C[C@@H](C)/C(=N/OCCC2CCCCC2)[C@H](C)[C@@H](O)[C@]1(C)O. The van der Waals surface area contributed by atoms with Crippen molar-refractivity contribution in [1.29, 1.82) is 0 Å². The zero-order chi connectivity index (χ0) is 45.6. The minimum Gasteiger partial charge on any atom is -0.459 e. The van der Waals surface area contributed by atoms with Gasteiger partial charge in [0.1, 0.15) is 30.5 Å². The lowest BCUT2D eigenvalue weighted by Crippen LogP contribution is -2.61. The van der Waals surface area contributed by atoms with Gasteiger partial charge in [-0.05, 0) is 87.2 Å². The number of oxime groups is 1. The number of likely N-dealkylation sites (N-methyl/N-ethyl adjacent to an activating group) is 1. The zero-order valence-electron chi connectivity index (χ0n) is 39.9. The second kappa shape index (κ2) is 22.1. The lowest BCUT2D eigenvalue weighted by molar-refractivity contribution is -0.319. The van der Waals surface area contributed by atoms with Crippen LogP contribution in [0.15, 0.2) is 5.16 Å². The van der Waals surface area contributed by atoms with Gasteiger partial charge in [-0.15, -0.1) is 0 Å². The first-order valence-corrected chi connectivity index (χ1v) is 23.1. The number of esters is 1. The minimum absolute atomic E-state index is 0.146. The average Bonchev–Trinajstić information content (AvgIpc) is 3.22. The number of carbonyl (C=O) groups excluding carboxylic acids is 1. The molecule has 15 heteroatoms. The summed E-state index contributed by atoms with van der Waals surface area (Å²) < 4.78 is 45.0. The van der Waals surface area contributed by atoms with Crippen LogP contribution in [0.5, 0.6) is 0 Å². The molecule has 0 radical (unpaired) electrons. The van der Waals surface area contributed by atoms with Crippen molar-refractivity contribution in [2.75, 3.05) is 34.9 Å². The molecule has 4 aliphatic rings. The van der Waals surface area contributed by atoms with Gasteiger partial charge in [0.05, 0.1) is 53.4 Å². The summed E-state index contributed by atoms with van der Waals surface area (Å²) in [5.41, 5.74) is -3.57. The molecule has 4 rings (SSSR count). The summed E-state index contributed by atoms with van der Waals surface area (Å²) >= 11 is 0. The molecule has 0 aromatic carbocycles. The van der Waals surface area contributed by atoms with E-state index in [9.17, 15) is 25.2 Å². The van der Waals surface area contributed by atoms with Crippen molar-refractivity contribution in [2.45, 2.75) is 218 Å². The molecule has 4 N–H and O–H groups in total. The van der Waals surface area contributed by atoms with E-state index in [4.69, 9.17) is 43.2 Å². The standard InChI is InChI=1S/C46H84N2O13/c1-15-34-46(10,53)39(50)28(4)36(47-56-22-21-32-19-17-16-18-20-32)26(2)24-45(9,55-14)41(61-43-37(49)33(48(11)12)23-27(3)57-43)29(5)38(30(6)42(52)59-34)60-35-25-44(8,54-13)40(51)31(7)58-35/h26-35,37-41,43,49-51,53H,15-25H2,1-14H3/b47-36-/t26-,27-,28+,29+,30-,31+,33+,34-,35+,37-,38+,39-,40+,41-,43+,44-,45-,46-/m1/s1. The van der Waals surface area contributed by atoms with E-state index in [0.29, 0.717) is 24.7 Å². The lowest BCUT2D eigenvalue weighted by Gasteiger charge is -2.50. The fraction of sp³-hybridized carbons (Fsp3) is 0.957. The molecular formula is C46H84N2O13. The molecule has 3 aliphatic heterocycles. The maximum atomic E-state index is 14.5. The first-order chi connectivity index (χ1) is 28.5. The summed E-state index contributed by atoms with van der Waals surface area (Å²) in [6.45, 7) is 18.5. The number of cyclic esters (lactones) is 1. The predicted molar refractivity (Wildman–Crippen MR) is 231 cm³/mol. The van der Waals surface area contributed by atoms with Gasteiger partial charge < -0.3 is 63.3 Å². The highest BCUT2D eigenvalue weighted by Gasteiger charge is 2.54. The highest BCUT2D eigenvalue weighted by molar-refractivity contribution is 5.88. The summed E-state index contributed by atoms with van der Waals surface area (Å²) in [5.74, 6) is -2.89. The Balaban J connectivity index is 1.86. The van der Waals surface area contributed by atoms with Crippen LogP contribution >= 0.6 is 0 Å². The van der Waals surface area contributed by atoms with Crippen molar-refractivity contribution in [2.24, 2.45) is 34.7 Å². The van der Waals surface area contributed by atoms with Crippen molar-refractivity contribution < 1.29 is 63.2 Å². The molecule has 0 bridgehead atoms. The van der Waals surface area contributed by atoms with E-state index in [0.717, 1.165) is 6.42 Å². The molecule has 356 valence electrons. The van der Waals surface area contributed by atoms with Crippen LogP contribution in [0.25, 0.3) is 0 Å². The van der Waals surface area contributed by atoms with E-state index in [2.05, 4.69) is 0 Å². The third-order valence-corrected chi connectivity index (χ3v) is 14.8. The van der Waals surface area contributed by atoms with Gasteiger partial charge in [0.2, 0.25) is 0 Å². The Hall–Kier alpha value is -1.50. The van der Waals surface area contributed by atoms with E-state index in [1.807, 2.05) is 46.7 Å². The van der Waals surface area contributed by atoms with Crippen molar-refractivity contribution in [3.05, 3.63) is 0 Å². The van der Waals surface area contributed by atoms with Gasteiger partial charge in [0.15, 0.2) is 12.6 Å². The smallest absolute Gasteiger partial charge is 0.311 e. The number of aliphatic hydroxyl groups excluding tert-OH is 3. The molecule has 15 nitrogen and oxygen atoms in total. The Morgan fingerprint density at radius 3 is 2.08 bits per heavy atom. The monoisotopic (exact) mass is 873 g/mol. The van der Waals surface area contributed by atoms with E-state index in [-0.39, 0.29) is 31.4 Å². The third-order valence-electron chi connectivity index (χ3n) is 14.8. The number of methoxy groups -OCH3 is 2. The zero-order valence-corrected chi connectivity index (χ0v) is 39.9. The molecule has 3 saturated heterocycles. The second-order valence-corrected chi connectivity index (χ2v) is 19.9. The summed E-state index contributed by atoms with van der Waals surface area (Å²) in [5, 5.41) is 51.8. The number of rotatable bonds is 12. The van der Waals surface area contributed by atoms with Crippen LogP contribution < -0.4 is 0 Å². The van der Waals surface area contributed by atoms with Crippen LogP contribution in [0.1, 0.15) is 133 Å². The van der Waals surface area contributed by atoms with Gasteiger partial charge in [0.25, 0.3) is 0 Å². The van der Waals surface area contributed by atoms with Gasteiger partial charge in [-0.2, -0.15) is 0 Å². The Kier molecular flexibility index (Phi) is 18.9. The maximum Gasteiger partial charge on any atom is 0.311 e. The Morgan fingerprint density at radius 2 is 1.49 bits per heavy atom. The van der Waals surface area contributed by atoms with Crippen LogP contribution in [-0.2, 0) is 42.8 Å². The van der Waals surface area contributed by atoms with Gasteiger partial charge in [-0.1, -0.05) is 65.0 Å². The number of carbonyl (C=O) groups is 1. The molecular weight excluding hydrogens is 789 g/mol. The fourth-order valence-electron chi connectivity index (χ4n) is 10.6. The van der Waals surface area contributed by atoms with Crippen molar-refractivity contribution >= 4 is 11.7 Å². The first-order valence-electron chi connectivity index (χ1n) is 23.1. The second-order valence-electron chi connectivity index (χ2n) is 19.9. The highest BCUT2D eigenvalue weighted by Crippen LogP contribution is 2.42. The van der Waals surface area contributed by atoms with E-state index < -0.39 is 102 Å². The van der Waals surface area contributed by atoms with Gasteiger partial charge in [-0.3, -0.25) is 4.79 Å². The van der Waals surface area contributed by atoms with E-state index in [1.165, 1.54) is 46.1 Å². The molecule has 4 fully saturated rings. The van der Waals surface area contributed by atoms with Crippen molar-refractivity contribution in [3.8, 4) is 0 Å². The molecule has 1 aliphatic carbocycles. The number of nitrogens with zero attached hydrogens (tertiary/aromatic N) is 2. The number of hydrogen-bond donors (Lipinski definition) is 4. The molecule has 0 aromatic heterocycles. The van der Waals surface area contributed by atoms with Crippen molar-refractivity contribution in [3.63, 3.8) is 0 Å². The average molecular weight is 873 g/mol. The molecule has 0 unspecified atom stereocenters. The Bertz CT molecular complexity index is 1400. The predicted octanol–water partition coefficient (Wildman–Crippen LogP) is 5.21. The molecule has 0 amide bonds. The van der Waals surface area contributed by atoms with Crippen molar-refractivity contribution in [1.82, 2.24) is 4.90 Å². The molecule has 3 heterocycles. The topological polar surface area (TPSA) is 187 Å². The molecule has 0 aromatic rings. The summed E-state index contributed by atoms with van der Waals surface area (Å²) in [7, 11) is 6.95. The fourth-order valence-corrected chi connectivity index (χ4v) is 10.6. The largest absolute Gasteiger partial charge is 0.459 e. The van der Waals surface area contributed by atoms with Crippen LogP contribution in [0, 0.1) is 29.6 Å². The number of aliphatic hydroxyl groups is 4. The summed E-state index contributed by atoms with van der Waals surface area (Å²) in [6, 6.07) is -0.267. The Labute approximate surface area is 366 Å². The number of hydrogen-bond acceptors (Lipinski definition) is 15. The third kappa shape index (κ3) is 12.2. The molecule has 18 atom stereocenters.